The number of carbonyl (C=O) groups excluding carboxylic acids is 3. The average Bonchev–Trinajstić information content (AvgIpc) is 3.67. The molecule has 0 radical (unpaired) electrons. The van der Waals surface area contributed by atoms with Crippen LogP contribution in [0, 0.1) is 11.7 Å². The van der Waals surface area contributed by atoms with Gasteiger partial charge >= 0.3 is 0 Å². The fourth-order valence-corrected chi connectivity index (χ4v) is 4.98. The molecule has 5 N–H and O–H groups in total. The Morgan fingerprint density at radius 1 is 1.07 bits per heavy atom. The van der Waals surface area contributed by atoms with Crippen LogP contribution in [-0.4, -0.2) is 83.3 Å². The number of hydrogen-bond donors (Lipinski definition) is 5. The quantitative estimate of drug-likeness (QED) is 0.375. The Morgan fingerprint density at radius 2 is 1.78 bits per heavy atom. The third kappa shape index (κ3) is 7.74. The van der Waals surface area contributed by atoms with Gasteiger partial charge in [-0.25, -0.2) is 4.39 Å². The van der Waals surface area contributed by atoms with E-state index in [9.17, 15) is 29.0 Å². The van der Waals surface area contributed by atoms with Crippen LogP contribution in [0.2, 0.25) is 0 Å². The Labute approximate surface area is 239 Å². The van der Waals surface area contributed by atoms with Crippen molar-refractivity contribution in [3.05, 3.63) is 59.4 Å². The summed E-state index contributed by atoms with van der Waals surface area (Å²) in [5, 5.41) is 29.5. The fourth-order valence-electron chi connectivity index (χ4n) is 4.98. The highest BCUT2D eigenvalue weighted by Crippen LogP contribution is 2.35. The van der Waals surface area contributed by atoms with Gasteiger partial charge in [0.15, 0.2) is 11.5 Å². The van der Waals surface area contributed by atoms with Crippen molar-refractivity contribution in [3.8, 4) is 11.5 Å². The van der Waals surface area contributed by atoms with E-state index in [-0.39, 0.29) is 30.5 Å². The van der Waals surface area contributed by atoms with Crippen LogP contribution in [0.4, 0.5) is 4.39 Å². The minimum absolute atomic E-state index is 0.00587. The number of rotatable bonds is 3. The maximum atomic E-state index is 13.5. The van der Waals surface area contributed by atoms with E-state index in [0.29, 0.717) is 37.1 Å². The first kappa shape index (κ1) is 30.3. The van der Waals surface area contributed by atoms with Gasteiger partial charge in [-0.15, -0.1) is 0 Å². The second-order valence-electron chi connectivity index (χ2n) is 11.0. The summed E-state index contributed by atoms with van der Waals surface area (Å²) < 4.78 is 19.5. The average molecular weight is 571 g/mol. The number of hydrogen-bond acceptors (Lipinski definition) is 7. The number of phenols is 1. The van der Waals surface area contributed by atoms with Gasteiger partial charge in [0.25, 0.3) is 0 Å². The van der Waals surface area contributed by atoms with Gasteiger partial charge in [-0.2, -0.15) is 0 Å². The number of amides is 3. The van der Waals surface area contributed by atoms with Crippen LogP contribution in [0.3, 0.4) is 0 Å². The number of aliphatic hydroxyl groups excluding tert-OH is 1. The van der Waals surface area contributed by atoms with E-state index in [1.807, 2.05) is 13.0 Å². The first-order chi connectivity index (χ1) is 19.5. The number of para-hydroxylation sites is 1. The predicted octanol–water partition coefficient (Wildman–Crippen LogP) is 1.27. The van der Waals surface area contributed by atoms with Crippen LogP contribution in [0.5, 0.6) is 11.5 Å². The second-order valence-corrected chi connectivity index (χ2v) is 11.0. The molecule has 0 spiro atoms. The summed E-state index contributed by atoms with van der Waals surface area (Å²) in [6.07, 6.45) is 0.586. The molecule has 3 amide bonds. The van der Waals surface area contributed by atoms with Crippen LogP contribution in [0.15, 0.2) is 42.5 Å². The molecule has 6 atom stereocenters. The number of aliphatic hydroxyl groups is 1. The van der Waals surface area contributed by atoms with Crippen molar-refractivity contribution in [2.45, 2.75) is 69.9 Å². The molecule has 1 aliphatic heterocycles. The summed E-state index contributed by atoms with van der Waals surface area (Å²) >= 11 is 0. The number of carbonyl (C=O) groups is 3. The number of ether oxygens (including phenoxy) is 1. The lowest BCUT2D eigenvalue weighted by molar-refractivity contribution is -0.141. The van der Waals surface area contributed by atoms with Gasteiger partial charge in [0.2, 0.25) is 17.7 Å². The molecule has 1 fully saturated rings. The lowest BCUT2D eigenvalue weighted by atomic mass is 10.0. The molecule has 222 valence electrons. The summed E-state index contributed by atoms with van der Waals surface area (Å²) in [7, 11) is 1.51. The van der Waals surface area contributed by atoms with Crippen LogP contribution in [0.25, 0.3) is 0 Å². The van der Waals surface area contributed by atoms with Gasteiger partial charge in [-0.1, -0.05) is 24.3 Å². The molecule has 0 saturated heterocycles. The van der Waals surface area contributed by atoms with E-state index in [1.165, 1.54) is 24.1 Å². The lowest BCUT2D eigenvalue weighted by Crippen LogP contribution is -2.57. The molecule has 2 aromatic carbocycles. The Balaban J connectivity index is 1.60. The van der Waals surface area contributed by atoms with E-state index in [4.69, 9.17) is 4.74 Å². The minimum atomic E-state index is -0.961. The summed E-state index contributed by atoms with van der Waals surface area (Å²) in [4.78, 5) is 41.3. The van der Waals surface area contributed by atoms with E-state index in [0.717, 1.165) is 5.56 Å². The highest BCUT2D eigenvalue weighted by atomic mass is 19.1. The number of aromatic hydroxyl groups is 1. The molecule has 2 aliphatic rings. The van der Waals surface area contributed by atoms with Gasteiger partial charge in [-0.3, -0.25) is 14.4 Å². The molecule has 11 heteroatoms. The molecule has 4 rings (SSSR count). The molecule has 2 unspecified atom stereocenters. The number of nitrogens with zero attached hydrogens (tertiary/aromatic N) is 1. The first-order valence-electron chi connectivity index (χ1n) is 14.0. The fraction of sp³-hybridized carbons (Fsp3) is 0.500. The first-order valence-corrected chi connectivity index (χ1v) is 14.0. The predicted molar refractivity (Wildman–Crippen MR) is 150 cm³/mol. The second kappa shape index (κ2) is 13.3. The number of aryl methyl sites for hydroxylation is 1. The van der Waals surface area contributed by atoms with Crippen molar-refractivity contribution >= 4 is 17.7 Å². The standard InChI is InChI=1S/C30H39FN4O6/c1-17-16-33-26(22-15-25(22)37)30(40)35(3)18(2)28(38)34-23(14-19-9-11-21(31)12-10-19)29(39)32-13-5-7-20-6-4-8-24(36)27(20)41-17/h4,6,8-12,17-18,22-23,25-26,33,36-37H,5,7,13-16H2,1-3H3,(H,32,39)(H,34,38)/t17-,18-,22?,23-,25?,26+/m1/s1. The monoisotopic (exact) mass is 570 g/mol. The Kier molecular flexibility index (Phi) is 9.82. The molecule has 10 nitrogen and oxygen atoms in total. The Bertz CT molecular complexity index is 1240. The number of likely N-dealkylation sites (N-methyl/N-ethyl adjacent to an activating group) is 1. The smallest absolute Gasteiger partial charge is 0.243 e. The SMILES string of the molecule is C[C@@H]1CN[C@@H](C2CC2O)C(=O)N(C)[C@H](C)C(=O)N[C@H](Cc2ccc(F)cc2)C(=O)NCCCc2cccc(O)c2O1. The number of fused-ring (bicyclic) bond motifs is 1. The highest BCUT2D eigenvalue weighted by Gasteiger charge is 2.46. The van der Waals surface area contributed by atoms with Crippen molar-refractivity contribution in [2.75, 3.05) is 20.1 Å². The molecule has 1 aliphatic carbocycles. The van der Waals surface area contributed by atoms with Crippen LogP contribution >= 0.6 is 0 Å². The summed E-state index contributed by atoms with van der Waals surface area (Å²) in [5.74, 6) is -1.67. The van der Waals surface area contributed by atoms with Gasteiger partial charge in [0, 0.05) is 32.5 Å². The maximum absolute atomic E-state index is 13.5. The molecular weight excluding hydrogens is 531 g/mol. The van der Waals surface area contributed by atoms with E-state index in [1.54, 1.807) is 31.2 Å². The number of benzene rings is 2. The number of phenolic OH excluding ortho intramolecular Hbond substituents is 1. The zero-order chi connectivity index (χ0) is 29.7. The van der Waals surface area contributed by atoms with Gasteiger partial charge in [-0.05, 0) is 62.4 Å². The number of nitrogens with one attached hydrogen (secondary N) is 3. The molecule has 1 heterocycles. The highest BCUT2D eigenvalue weighted by molar-refractivity contribution is 5.93. The van der Waals surface area contributed by atoms with E-state index >= 15 is 0 Å². The van der Waals surface area contributed by atoms with Crippen molar-refractivity contribution in [2.24, 2.45) is 5.92 Å². The van der Waals surface area contributed by atoms with Gasteiger partial charge < -0.3 is 35.8 Å². The van der Waals surface area contributed by atoms with Crippen LogP contribution < -0.4 is 20.7 Å². The zero-order valence-electron chi connectivity index (χ0n) is 23.6. The van der Waals surface area contributed by atoms with E-state index in [2.05, 4.69) is 16.0 Å². The maximum Gasteiger partial charge on any atom is 0.243 e. The lowest BCUT2D eigenvalue weighted by Gasteiger charge is -2.31. The Morgan fingerprint density at radius 3 is 2.46 bits per heavy atom. The van der Waals surface area contributed by atoms with Crippen LogP contribution in [-0.2, 0) is 27.2 Å². The summed E-state index contributed by atoms with van der Waals surface area (Å²) in [5.41, 5.74) is 1.43. The van der Waals surface area contributed by atoms with Crippen molar-refractivity contribution in [1.29, 1.82) is 0 Å². The minimum Gasteiger partial charge on any atom is -0.504 e. The van der Waals surface area contributed by atoms with Crippen molar-refractivity contribution in [3.63, 3.8) is 0 Å². The largest absolute Gasteiger partial charge is 0.504 e. The topological polar surface area (TPSA) is 140 Å². The van der Waals surface area contributed by atoms with E-state index < -0.39 is 48.0 Å². The molecule has 41 heavy (non-hydrogen) atoms. The van der Waals surface area contributed by atoms with Gasteiger partial charge in [0.1, 0.15) is 24.0 Å². The molecule has 0 bridgehead atoms. The van der Waals surface area contributed by atoms with Gasteiger partial charge in [0.05, 0.1) is 12.1 Å². The van der Waals surface area contributed by atoms with Crippen molar-refractivity contribution in [1.82, 2.24) is 20.9 Å². The number of halogens is 1. The third-order valence-corrected chi connectivity index (χ3v) is 7.74. The molecule has 2 aromatic rings. The summed E-state index contributed by atoms with van der Waals surface area (Å²) in [6, 6.07) is 8.18. The molecule has 0 aromatic heterocycles. The molecule has 1 saturated carbocycles. The van der Waals surface area contributed by atoms with Crippen LogP contribution in [0.1, 0.15) is 37.8 Å². The zero-order valence-corrected chi connectivity index (χ0v) is 23.6. The third-order valence-electron chi connectivity index (χ3n) is 7.74. The molecular formula is C30H39FN4O6. The Hall–Kier alpha value is -3.70. The summed E-state index contributed by atoms with van der Waals surface area (Å²) in [6.45, 7) is 3.95. The normalized spacial score (nSPS) is 28.4. The van der Waals surface area contributed by atoms with Crippen molar-refractivity contribution < 1.29 is 33.7 Å².